The van der Waals surface area contributed by atoms with Crippen LogP contribution >= 0.6 is 11.6 Å². The SMILES string of the molecule is O=c1c2c(F)cccc2nc(CO)n1-c1ccccc1Cl. The summed E-state index contributed by atoms with van der Waals surface area (Å²) < 4.78 is 15.1. The van der Waals surface area contributed by atoms with E-state index < -0.39 is 18.0 Å². The summed E-state index contributed by atoms with van der Waals surface area (Å²) in [5, 5.41) is 9.65. The molecule has 0 bridgehead atoms. The van der Waals surface area contributed by atoms with E-state index in [0.29, 0.717) is 10.7 Å². The average molecular weight is 305 g/mol. The van der Waals surface area contributed by atoms with Crippen molar-refractivity contribution in [2.45, 2.75) is 6.61 Å². The van der Waals surface area contributed by atoms with Gasteiger partial charge in [-0.25, -0.2) is 9.37 Å². The van der Waals surface area contributed by atoms with E-state index >= 15 is 0 Å². The minimum atomic E-state index is -0.657. The summed E-state index contributed by atoms with van der Waals surface area (Å²) in [6.07, 6.45) is 0. The summed E-state index contributed by atoms with van der Waals surface area (Å²) in [5.74, 6) is -0.554. The molecular formula is C15H10ClFN2O2. The van der Waals surface area contributed by atoms with Gasteiger partial charge >= 0.3 is 0 Å². The highest BCUT2D eigenvalue weighted by Crippen LogP contribution is 2.21. The van der Waals surface area contributed by atoms with Gasteiger partial charge in [-0.15, -0.1) is 0 Å². The lowest BCUT2D eigenvalue weighted by Gasteiger charge is -2.13. The Kier molecular flexibility index (Phi) is 3.45. The van der Waals surface area contributed by atoms with Crippen molar-refractivity contribution >= 4 is 22.5 Å². The number of aromatic nitrogens is 2. The van der Waals surface area contributed by atoms with Crippen LogP contribution in [-0.4, -0.2) is 14.7 Å². The summed E-state index contributed by atoms with van der Waals surface area (Å²) in [7, 11) is 0. The molecule has 0 saturated carbocycles. The first-order valence-corrected chi connectivity index (χ1v) is 6.57. The van der Waals surface area contributed by atoms with Gasteiger partial charge in [0.2, 0.25) is 0 Å². The van der Waals surface area contributed by atoms with Gasteiger partial charge in [0.25, 0.3) is 5.56 Å². The first kappa shape index (κ1) is 13.7. The van der Waals surface area contributed by atoms with Gasteiger partial charge in [-0.05, 0) is 24.3 Å². The fraction of sp³-hybridized carbons (Fsp3) is 0.0667. The van der Waals surface area contributed by atoms with Crippen LogP contribution in [0.3, 0.4) is 0 Å². The number of para-hydroxylation sites is 1. The molecule has 21 heavy (non-hydrogen) atoms. The standard InChI is InChI=1S/C15H10ClFN2O2/c16-9-4-1-2-7-12(9)19-13(8-20)18-11-6-3-5-10(17)14(11)15(19)21/h1-7,20H,8H2. The molecule has 0 radical (unpaired) electrons. The van der Waals surface area contributed by atoms with Crippen LogP contribution in [0, 0.1) is 5.82 Å². The number of fused-ring (bicyclic) bond motifs is 1. The third kappa shape index (κ3) is 2.20. The van der Waals surface area contributed by atoms with E-state index in [1.807, 2.05) is 0 Å². The zero-order valence-electron chi connectivity index (χ0n) is 10.8. The minimum absolute atomic E-state index is 0.103. The van der Waals surface area contributed by atoms with Gasteiger partial charge < -0.3 is 5.11 Å². The molecule has 3 rings (SSSR count). The normalized spacial score (nSPS) is 11.0. The van der Waals surface area contributed by atoms with Crippen molar-refractivity contribution in [3.05, 3.63) is 69.5 Å². The Bertz CT molecular complexity index is 892. The molecule has 4 nitrogen and oxygen atoms in total. The van der Waals surface area contributed by atoms with Gasteiger partial charge in [0.05, 0.1) is 16.2 Å². The molecule has 0 unspecified atom stereocenters. The van der Waals surface area contributed by atoms with Crippen LogP contribution in [0.4, 0.5) is 4.39 Å². The fourth-order valence-corrected chi connectivity index (χ4v) is 2.44. The maximum atomic E-state index is 13.9. The summed E-state index contributed by atoms with van der Waals surface area (Å²) in [6, 6.07) is 10.8. The number of halogens is 2. The van der Waals surface area contributed by atoms with Gasteiger partial charge in [0.1, 0.15) is 23.6 Å². The second kappa shape index (κ2) is 5.27. The molecule has 1 aromatic heterocycles. The molecule has 0 atom stereocenters. The molecule has 0 aliphatic rings. The summed E-state index contributed by atoms with van der Waals surface area (Å²) >= 11 is 6.09. The molecule has 2 aromatic carbocycles. The van der Waals surface area contributed by atoms with Gasteiger partial charge in [-0.3, -0.25) is 9.36 Å². The van der Waals surface area contributed by atoms with Crippen LogP contribution < -0.4 is 5.56 Å². The molecular weight excluding hydrogens is 295 g/mol. The summed E-state index contributed by atoms with van der Waals surface area (Å²) in [6.45, 7) is -0.465. The number of benzene rings is 2. The van der Waals surface area contributed by atoms with Crippen LogP contribution in [0.2, 0.25) is 5.02 Å². The number of rotatable bonds is 2. The third-order valence-electron chi connectivity index (χ3n) is 3.15. The molecule has 1 N–H and O–H groups in total. The Balaban J connectivity index is 2.48. The molecule has 1 heterocycles. The van der Waals surface area contributed by atoms with Crippen molar-refractivity contribution in [3.63, 3.8) is 0 Å². The molecule has 0 fully saturated rings. The number of aliphatic hydroxyl groups is 1. The van der Waals surface area contributed by atoms with Crippen LogP contribution in [0.5, 0.6) is 0 Å². The Morgan fingerprint density at radius 3 is 2.67 bits per heavy atom. The number of hydrogen-bond donors (Lipinski definition) is 1. The molecule has 0 amide bonds. The summed E-state index contributed by atoms with van der Waals surface area (Å²) in [4.78, 5) is 16.7. The van der Waals surface area contributed by atoms with Crippen LogP contribution in [0.25, 0.3) is 16.6 Å². The van der Waals surface area contributed by atoms with Gasteiger partial charge in [0, 0.05) is 0 Å². The van der Waals surface area contributed by atoms with E-state index in [1.54, 1.807) is 24.3 Å². The Hall–Kier alpha value is -2.24. The van der Waals surface area contributed by atoms with Crippen molar-refractivity contribution in [2.24, 2.45) is 0 Å². The number of aliphatic hydroxyl groups excluding tert-OH is 1. The maximum Gasteiger partial charge on any atom is 0.269 e. The molecule has 6 heteroatoms. The van der Waals surface area contributed by atoms with E-state index in [4.69, 9.17) is 11.6 Å². The second-order valence-corrected chi connectivity index (χ2v) is 4.82. The molecule has 0 saturated heterocycles. The average Bonchev–Trinajstić information content (AvgIpc) is 2.48. The van der Waals surface area contributed by atoms with Gasteiger partial charge in [-0.2, -0.15) is 0 Å². The Morgan fingerprint density at radius 1 is 1.19 bits per heavy atom. The van der Waals surface area contributed by atoms with Crippen LogP contribution in [0.15, 0.2) is 47.3 Å². The quantitative estimate of drug-likeness (QED) is 0.792. The topological polar surface area (TPSA) is 55.1 Å². The summed E-state index contributed by atoms with van der Waals surface area (Å²) in [5.41, 5.74) is -0.0477. The predicted molar refractivity (Wildman–Crippen MR) is 78.2 cm³/mol. The van der Waals surface area contributed by atoms with Crippen molar-refractivity contribution in [2.75, 3.05) is 0 Å². The Morgan fingerprint density at radius 2 is 1.95 bits per heavy atom. The van der Waals surface area contributed by atoms with Crippen molar-refractivity contribution in [1.29, 1.82) is 0 Å². The van der Waals surface area contributed by atoms with Crippen molar-refractivity contribution in [1.82, 2.24) is 9.55 Å². The lowest BCUT2D eigenvalue weighted by molar-refractivity contribution is 0.268. The highest BCUT2D eigenvalue weighted by molar-refractivity contribution is 6.32. The van der Waals surface area contributed by atoms with E-state index in [1.165, 1.54) is 18.2 Å². The van der Waals surface area contributed by atoms with E-state index in [9.17, 15) is 14.3 Å². The smallest absolute Gasteiger partial charge is 0.269 e. The van der Waals surface area contributed by atoms with Crippen molar-refractivity contribution < 1.29 is 9.50 Å². The Labute approximate surface area is 124 Å². The first-order chi connectivity index (χ1) is 10.1. The highest BCUT2D eigenvalue weighted by atomic mass is 35.5. The first-order valence-electron chi connectivity index (χ1n) is 6.19. The third-order valence-corrected chi connectivity index (χ3v) is 3.47. The largest absolute Gasteiger partial charge is 0.388 e. The van der Waals surface area contributed by atoms with E-state index in [-0.39, 0.29) is 16.7 Å². The molecule has 0 aliphatic carbocycles. The van der Waals surface area contributed by atoms with E-state index in [0.717, 1.165) is 4.57 Å². The second-order valence-electron chi connectivity index (χ2n) is 4.41. The maximum absolute atomic E-state index is 13.9. The number of hydrogen-bond acceptors (Lipinski definition) is 3. The van der Waals surface area contributed by atoms with Crippen LogP contribution in [-0.2, 0) is 6.61 Å². The van der Waals surface area contributed by atoms with Crippen LogP contribution in [0.1, 0.15) is 5.82 Å². The molecule has 106 valence electrons. The number of nitrogens with zero attached hydrogens (tertiary/aromatic N) is 2. The molecule has 0 aliphatic heterocycles. The van der Waals surface area contributed by atoms with E-state index in [2.05, 4.69) is 4.98 Å². The molecule has 0 spiro atoms. The monoisotopic (exact) mass is 304 g/mol. The highest BCUT2D eigenvalue weighted by Gasteiger charge is 2.16. The zero-order chi connectivity index (χ0) is 15.0. The minimum Gasteiger partial charge on any atom is -0.388 e. The zero-order valence-corrected chi connectivity index (χ0v) is 11.5. The molecule has 3 aromatic rings. The van der Waals surface area contributed by atoms with Gasteiger partial charge in [0.15, 0.2) is 0 Å². The lowest BCUT2D eigenvalue weighted by atomic mass is 10.2. The predicted octanol–water partition coefficient (Wildman–Crippen LogP) is 2.67. The van der Waals surface area contributed by atoms with Gasteiger partial charge in [-0.1, -0.05) is 29.8 Å². The van der Waals surface area contributed by atoms with Crippen molar-refractivity contribution in [3.8, 4) is 5.69 Å². The fourth-order valence-electron chi connectivity index (χ4n) is 2.22. The lowest BCUT2D eigenvalue weighted by Crippen LogP contribution is -2.25.